The molecule has 3 rings (SSSR count). The van der Waals surface area contributed by atoms with Gasteiger partial charge >= 0.3 is 5.97 Å². The largest absolute Gasteiger partial charge is 0.496 e. The number of nitrogens with one attached hydrogen (secondary N) is 2. The first-order valence-corrected chi connectivity index (χ1v) is 12.6. The van der Waals surface area contributed by atoms with Gasteiger partial charge in [-0.3, -0.25) is 20.5 Å². The fraction of sp³-hybridized carbons (Fsp3) is 0.519. The highest BCUT2D eigenvalue weighted by Gasteiger charge is 2.30. The van der Waals surface area contributed by atoms with Crippen LogP contribution in [0, 0.1) is 5.92 Å². The van der Waals surface area contributed by atoms with Gasteiger partial charge in [-0.2, -0.15) is 0 Å². The number of halogens is 1. The SMILES string of the molecule is CCC(C)NNCc1cc(OC)c(CN(Cc2ccccc2)C2CCC(C(=O)O)CC2)cc1Cl. The molecule has 6 nitrogen and oxygen atoms in total. The van der Waals surface area contributed by atoms with E-state index in [2.05, 4.69) is 53.9 Å². The fourth-order valence-corrected chi connectivity index (χ4v) is 4.80. The number of carboxylic acids is 1. The van der Waals surface area contributed by atoms with Crippen LogP contribution in [0.5, 0.6) is 5.75 Å². The molecule has 0 bridgehead atoms. The number of hydrogen-bond acceptors (Lipinski definition) is 5. The molecule has 2 aromatic carbocycles. The normalized spacial score (nSPS) is 19.2. The summed E-state index contributed by atoms with van der Waals surface area (Å²) in [5.41, 5.74) is 9.79. The fourth-order valence-electron chi connectivity index (χ4n) is 4.55. The number of hydrogen-bond donors (Lipinski definition) is 3. The summed E-state index contributed by atoms with van der Waals surface area (Å²) in [5, 5.41) is 10.1. The van der Waals surface area contributed by atoms with Gasteiger partial charge in [0.25, 0.3) is 0 Å². The molecule has 0 spiro atoms. The van der Waals surface area contributed by atoms with Crippen LogP contribution in [0.1, 0.15) is 62.6 Å². The number of carbonyl (C=O) groups is 1. The minimum Gasteiger partial charge on any atom is -0.496 e. The average molecular weight is 488 g/mol. The second-order valence-corrected chi connectivity index (χ2v) is 9.70. The van der Waals surface area contributed by atoms with Crippen LogP contribution in [-0.4, -0.2) is 35.2 Å². The molecule has 186 valence electrons. The van der Waals surface area contributed by atoms with Crippen LogP contribution in [0.3, 0.4) is 0 Å². The van der Waals surface area contributed by atoms with Gasteiger partial charge in [0, 0.05) is 42.3 Å². The minimum atomic E-state index is -0.673. The van der Waals surface area contributed by atoms with Crippen LogP contribution in [0.15, 0.2) is 42.5 Å². The highest BCUT2D eigenvalue weighted by Crippen LogP contribution is 2.33. The Morgan fingerprint density at radius 2 is 1.85 bits per heavy atom. The van der Waals surface area contributed by atoms with Gasteiger partial charge in [0.2, 0.25) is 0 Å². The third-order valence-electron chi connectivity index (χ3n) is 6.85. The van der Waals surface area contributed by atoms with E-state index in [9.17, 15) is 9.90 Å². The molecule has 1 aliphatic carbocycles. The summed E-state index contributed by atoms with van der Waals surface area (Å²) >= 11 is 6.68. The molecule has 34 heavy (non-hydrogen) atoms. The molecule has 0 aliphatic heterocycles. The van der Waals surface area contributed by atoms with E-state index in [1.54, 1.807) is 7.11 Å². The zero-order chi connectivity index (χ0) is 24.5. The van der Waals surface area contributed by atoms with Gasteiger partial charge < -0.3 is 9.84 Å². The molecule has 1 unspecified atom stereocenters. The maximum Gasteiger partial charge on any atom is 0.306 e. The Kier molecular flexibility index (Phi) is 10.2. The Hall–Kier alpha value is -2.12. The summed E-state index contributed by atoms with van der Waals surface area (Å²) in [6.45, 7) is 6.36. The van der Waals surface area contributed by atoms with Crippen LogP contribution in [0.25, 0.3) is 0 Å². The van der Waals surface area contributed by atoms with Crippen molar-refractivity contribution in [3.8, 4) is 5.75 Å². The molecule has 0 amide bonds. The third-order valence-corrected chi connectivity index (χ3v) is 7.21. The van der Waals surface area contributed by atoms with Crippen LogP contribution in [0.2, 0.25) is 5.02 Å². The highest BCUT2D eigenvalue weighted by molar-refractivity contribution is 6.31. The third kappa shape index (κ3) is 7.44. The van der Waals surface area contributed by atoms with Gasteiger partial charge in [-0.15, -0.1) is 0 Å². The minimum absolute atomic E-state index is 0.227. The molecule has 3 N–H and O–H groups in total. The van der Waals surface area contributed by atoms with E-state index >= 15 is 0 Å². The lowest BCUT2D eigenvalue weighted by Crippen LogP contribution is -2.38. The number of benzene rings is 2. The summed E-state index contributed by atoms with van der Waals surface area (Å²) in [6.07, 6.45) is 4.23. The summed E-state index contributed by atoms with van der Waals surface area (Å²) in [4.78, 5) is 13.9. The number of aliphatic carboxylic acids is 1. The summed E-state index contributed by atoms with van der Waals surface area (Å²) in [7, 11) is 1.70. The topological polar surface area (TPSA) is 73.8 Å². The maximum atomic E-state index is 11.4. The molecule has 1 aliphatic rings. The molecular weight excluding hydrogens is 450 g/mol. The van der Waals surface area contributed by atoms with E-state index in [1.165, 1.54) is 5.56 Å². The molecule has 7 heteroatoms. The number of ether oxygens (including phenoxy) is 1. The smallest absolute Gasteiger partial charge is 0.306 e. The Morgan fingerprint density at radius 3 is 2.47 bits per heavy atom. The van der Waals surface area contributed by atoms with Crippen LogP contribution in [0.4, 0.5) is 0 Å². The average Bonchev–Trinajstić information content (AvgIpc) is 2.85. The second kappa shape index (κ2) is 13.1. The number of carboxylic acid groups (broad SMARTS) is 1. The zero-order valence-electron chi connectivity index (χ0n) is 20.5. The Morgan fingerprint density at radius 1 is 1.15 bits per heavy atom. The highest BCUT2D eigenvalue weighted by atomic mass is 35.5. The summed E-state index contributed by atoms with van der Waals surface area (Å²) in [6, 6.07) is 15.1. The number of hydrazine groups is 1. The van der Waals surface area contributed by atoms with Gasteiger partial charge in [0.05, 0.1) is 13.0 Å². The zero-order valence-corrected chi connectivity index (χ0v) is 21.3. The van der Waals surface area contributed by atoms with Gasteiger partial charge in [0.1, 0.15) is 5.75 Å². The molecule has 2 aromatic rings. The van der Waals surface area contributed by atoms with Crippen molar-refractivity contribution < 1.29 is 14.6 Å². The molecule has 0 saturated heterocycles. The van der Waals surface area contributed by atoms with E-state index in [-0.39, 0.29) is 5.92 Å². The van der Waals surface area contributed by atoms with E-state index in [1.807, 2.05) is 18.2 Å². The Balaban J connectivity index is 1.77. The van der Waals surface area contributed by atoms with E-state index < -0.39 is 5.97 Å². The molecule has 1 fully saturated rings. The predicted octanol–water partition coefficient (Wildman–Crippen LogP) is 5.39. The lowest BCUT2D eigenvalue weighted by Gasteiger charge is -2.36. The molecule has 1 saturated carbocycles. The molecule has 1 atom stereocenters. The van der Waals surface area contributed by atoms with Gasteiger partial charge in [-0.1, -0.05) is 48.9 Å². The predicted molar refractivity (Wildman–Crippen MR) is 137 cm³/mol. The van der Waals surface area contributed by atoms with E-state index in [4.69, 9.17) is 16.3 Å². The van der Waals surface area contributed by atoms with Crippen molar-refractivity contribution in [3.63, 3.8) is 0 Å². The Labute approximate surface area is 208 Å². The van der Waals surface area contributed by atoms with Crippen molar-refractivity contribution in [1.82, 2.24) is 15.8 Å². The van der Waals surface area contributed by atoms with Crippen molar-refractivity contribution in [3.05, 3.63) is 64.2 Å². The monoisotopic (exact) mass is 487 g/mol. The summed E-state index contributed by atoms with van der Waals surface area (Å²) < 4.78 is 5.77. The van der Waals surface area contributed by atoms with Gasteiger partial charge in [-0.05, 0) is 62.3 Å². The van der Waals surface area contributed by atoms with Crippen molar-refractivity contribution in [2.75, 3.05) is 7.11 Å². The van der Waals surface area contributed by atoms with Crippen LogP contribution < -0.4 is 15.6 Å². The number of methoxy groups -OCH3 is 1. The van der Waals surface area contributed by atoms with E-state index in [0.717, 1.165) is 55.5 Å². The number of nitrogens with zero attached hydrogens (tertiary/aromatic N) is 1. The maximum absolute atomic E-state index is 11.4. The lowest BCUT2D eigenvalue weighted by molar-refractivity contribution is -0.143. The van der Waals surface area contributed by atoms with Crippen LogP contribution >= 0.6 is 11.6 Å². The Bertz CT molecular complexity index is 917. The summed E-state index contributed by atoms with van der Waals surface area (Å²) in [5.74, 6) is -0.0785. The first kappa shape index (κ1) is 26.5. The second-order valence-electron chi connectivity index (χ2n) is 9.30. The molecule has 0 aromatic heterocycles. The standard InChI is InChI=1S/C27H38ClN3O3/c1-4-19(2)30-29-16-22-15-26(34-3)23(14-25(22)28)18-31(17-20-8-6-5-7-9-20)24-12-10-21(11-13-24)27(32)33/h5-9,14-15,19,21,24,29-30H,4,10-13,16-18H2,1-3H3,(H,32,33). The van der Waals surface area contributed by atoms with E-state index in [0.29, 0.717) is 30.2 Å². The first-order chi connectivity index (χ1) is 16.4. The van der Waals surface area contributed by atoms with Crippen molar-refractivity contribution in [2.45, 2.75) is 77.7 Å². The van der Waals surface area contributed by atoms with Gasteiger partial charge in [0.15, 0.2) is 0 Å². The van der Waals surface area contributed by atoms with Gasteiger partial charge in [-0.25, -0.2) is 0 Å². The number of rotatable bonds is 12. The lowest BCUT2D eigenvalue weighted by atomic mass is 9.85. The van der Waals surface area contributed by atoms with Crippen molar-refractivity contribution in [1.29, 1.82) is 0 Å². The molecule has 0 radical (unpaired) electrons. The van der Waals surface area contributed by atoms with Crippen molar-refractivity contribution in [2.24, 2.45) is 5.92 Å². The first-order valence-electron chi connectivity index (χ1n) is 12.3. The molecule has 0 heterocycles. The quantitative estimate of drug-likeness (QED) is 0.349. The van der Waals surface area contributed by atoms with Crippen molar-refractivity contribution >= 4 is 17.6 Å². The van der Waals surface area contributed by atoms with Crippen LogP contribution in [-0.2, 0) is 24.4 Å². The molecular formula is C27H38ClN3O3.